The lowest BCUT2D eigenvalue weighted by Crippen LogP contribution is -2.44. The third-order valence-corrected chi connectivity index (χ3v) is 5.93. The van der Waals surface area contributed by atoms with Crippen molar-refractivity contribution in [2.24, 2.45) is 0 Å². The van der Waals surface area contributed by atoms with Crippen LogP contribution in [0.25, 0.3) is 0 Å². The number of carbonyl (C=O) groups excluding carboxylic acids is 2. The van der Waals surface area contributed by atoms with Crippen LogP contribution in [-0.2, 0) is 9.59 Å². The molecule has 1 heterocycles. The summed E-state index contributed by atoms with van der Waals surface area (Å²) in [5.74, 6) is 1.52. The monoisotopic (exact) mass is 409 g/mol. The van der Waals surface area contributed by atoms with Crippen LogP contribution in [-0.4, -0.2) is 41.0 Å². The fourth-order valence-electron chi connectivity index (χ4n) is 3.03. The van der Waals surface area contributed by atoms with E-state index >= 15 is 0 Å². The molecule has 150 valence electrons. The molecule has 1 fully saturated rings. The standard InChI is InChI=1S/C22H23N3O3S/c1-15-4-3-5-20(16(15)2)28-11-10-21(26)25-14-29-13-19(25)22(27)24-18-8-6-17(12-23)7-9-18/h3-9,19H,10-11,13-14H2,1-2H3,(H,24,27). The molecule has 7 heteroatoms. The molecule has 1 aliphatic rings. The predicted octanol–water partition coefficient (Wildman–Crippen LogP) is 3.48. The Bertz CT molecular complexity index is 937. The van der Waals surface area contributed by atoms with Gasteiger partial charge >= 0.3 is 0 Å². The van der Waals surface area contributed by atoms with Crippen molar-refractivity contribution < 1.29 is 14.3 Å². The van der Waals surface area contributed by atoms with Crippen LogP contribution in [0.4, 0.5) is 5.69 Å². The largest absolute Gasteiger partial charge is 0.493 e. The van der Waals surface area contributed by atoms with Crippen molar-refractivity contribution >= 4 is 29.3 Å². The fraction of sp³-hybridized carbons (Fsp3) is 0.318. The molecule has 0 radical (unpaired) electrons. The first-order valence-corrected chi connectivity index (χ1v) is 10.5. The number of nitrogens with zero attached hydrogens (tertiary/aromatic N) is 2. The van der Waals surface area contributed by atoms with Gasteiger partial charge in [0, 0.05) is 11.4 Å². The molecule has 6 nitrogen and oxygen atoms in total. The van der Waals surface area contributed by atoms with Crippen molar-refractivity contribution in [1.29, 1.82) is 5.26 Å². The average molecular weight is 410 g/mol. The van der Waals surface area contributed by atoms with Crippen molar-refractivity contribution in [2.45, 2.75) is 26.3 Å². The van der Waals surface area contributed by atoms with Crippen LogP contribution in [0.2, 0.25) is 0 Å². The SMILES string of the molecule is Cc1cccc(OCCC(=O)N2CSCC2C(=O)Nc2ccc(C#N)cc2)c1C. The molecule has 2 aromatic rings. The van der Waals surface area contributed by atoms with Crippen LogP contribution in [0, 0.1) is 25.2 Å². The average Bonchev–Trinajstić information content (AvgIpc) is 3.22. The highest BCUT2D eigenvalue weighted by Gasteiger charge is 2.34. The lowest BCUT2D eigenvalue weighted by molar-refractivity contribution is -0.136. The summed E-state index contributed by atoms with van der Waals surface area (Å²) in [5, 5.41) is 11.7. The predicted molar refractivity (Wildman–Crippen MR) is 114 cm³/mol. The minimum Gasteiger partial charge on any atom is -0.493 e. The van der Waals surface area contributed by atoms with Gasteiger partial charge in [0.25, 0.3) is 0 Å². The first-order valence-electron chi connectivity index (χ1n) is 9.37. The maximum atomic E-state index is 12.7. The number of carbonyl (C=O) groups is 2. The smallest absolute Gasteiger partial charge is 0.248 e. The van der Waals surface area contributed by atoms with Gasteiger partial charge in [-0.2, -0.15) is 5.26 Å². The summed E-state index contributed by atoms with van der Waals surface area (Å²) < 4.78 is 5.78. The van der Waals surface area contributed by atoms with Crippen LogP contribution >= 0.6 is 11.8 Å². The Morgan fingerprint density at radius 2 is 2.00 bits per heavy atom. The molecule has 1 N–H and O–H groups in total. The Hall–Kier alpha value is -2.98. The molecule has 2 amide bonds. The number of amides is 2. The summed E-state index contributed by atoms with van der Waals surface area (Å²) in [6.07, 6.45) is 0.217. The van der Waals surface area contributed by atoms with Crippen molar-refractivity contribution in [3.63, 3.8) is 0 Å². The van der Waals surface area contributed by atoms with Gasteiger partial charge in [0.1, 0.15) is 11.8 Å². The van der Waals surface area contributed by atoms with E-state index < -0.39 is 6.04 Å². The minimum absolute atomic E-state index is 0.0970. The van der Waals surface area contributed by atoms with E-state index in [1.165, 1.54) is 0 Å². The third-order valence-electron chi connectivity index (χ3n) is 4.92. The maximum absolute atomic E-state index is 12.7. The van der Waals surface area contributed by atoms with E-state index in [-0.39, 0.29) is 24.8 Å². The number of aryl methyl sites for hydroxylation is 1. The van der Waals surface area contributed by atoms with E-state index in [9.17, 15) is 9.59 Å². The van der Waals surface area contributed by atoms with Gasteiger partial charge in [-0.25, -0.2) is 0 Å². The number of benzene rings is 2. The normalized spacial score (nSPS) is 15.6. The maximum Gasteiger partial charge on any atom is 0.248 e. The molecular weight excluding hydrogens is 386 g/mol. The summed E-state index contributed by atoms with van der Waals surface area (Å²) in [6.45, 7) is 4.28. The summed E-state index contributed by atoms with van der Waals surface area (Å²) in [5.41, 5.74) is 3.34. The number of hydrogen-bond donors (Lipinski definition) is 1. The Kier molecular flexibility index (Phi) is 6.78. The Balaban J connectivity index is 1.54. The Morgan fingerprint density at radius 3 is 2.72 bits per heavy atom. The molecule has 1 aliphatic heterocycles. The van der Waals surface area contributed by atoms with Crippen LogP contribution < -0.4 is 10.1 Å². The topological polar surface area (TPSA) is 82.4 Å². The highest BCUT2D eigenvalue weighted by atomic mass is 32.2. The van der Waals surface area contributed by atoms with Gasteiger partial charge in [0.15, 0.2) is 0 Å². The molecule has 1 atom stereocenters. The number of nitrogens with one attached hydrogen (secondary N) is 1. The molecule has 0 saturated carbocycles. The quantitative estimate of drug-likeness (QED) is 0.790. The zero-order chi connectivity index (χ0) is 20.8. The van der Waals surface area contributed by atoms with E-state index in [0.717, 1.165) is 16.9 Å². The summed E-state index contributed by atoms with van der Waals surface area (Å²) in [7, 11) is 0. The fourth-order valence-corrected chi connectivity index (χ4v) is 4.21. The number of nitriles is 1. The van der Waals surface area contributed by atoms with Gasteiger partial charge in [-0.1, -0.05) is 12.1 Å². The van der Waals surface area contributed by atoms with E-state index in [2.05, 4.69) is 5.32 Å². The molecule has 0 aliphatic carbocycles. The first kappa shape index (κ1) is 20.7. The number of rotatable bonds is 6. The van der Waals surface area contributed by atoms with Crippen molar-refractivity contribution in [3.05, 3.63) is 59.2 Å². The summed E-state index contributed by atoms with van der Waals surface area (Å²) >= 11 is 1.56. The lowest BCUT2D eigenvalue weighted by atomic mass is 10.1. The number of thioether (sulfide) groups is 1. The van der Waals surface area contributed by atoms with Gasteiger partial charge < -0.3 is 15.0 Å². The van der Waals surface area contributed by atoms with E-state index in [4.69, 9.17) is 10.00 Å². The van der Waals surface area contributed by atoms with Crippen LogP contribution in [0.3, 0.4) is 0 Å². The highest BCUT2D eigenvalue weighted by Crippen LogP contribution is 2.24. The second-order valence-electron chi connectivity index (χ2n) is 6.85. The van der Waals surface area contributed by atoms with E-state index in [1.54, 1.807) is 40.9 Å². The number of anilines is 1. The summed E-state index contributed by atoms with van der Waals surface area (Å²) in [6, 6.07) is 14.0. The second-order valence-corrected chi connectivity index (χ2v) is 7.85. The van der Waals surface area contributed by atoms with Gasteiger partial charge in [-0.05, 0) is 55.3 Å². The Morgan fingerprint density at radius 1 is 1.24 bits per heavy atom. The molecule has 29 heavy (non-hydrogen) atoms. The van der Waals surface area contributed by atoms with Gasteiger partial charge in [-0.15, -0.1) is 11.8 Å². The van der Waals surface area contributed by atoms with E-state index in [0.29, 0.717) is 22.9 Å². The third kappa shape index (κ3) is 5.09. The van der Waals surface area contributed by atoms with Crippen LogP contribution in [0.5, 0.6) is 5.75 Å². The molecular formula is C22H23N3O3S. The molecule has 0 aromatic heterocycles. The van der Waals surface area contributed by atoms with Gasteiger partial charge in [-0.3, -0.25) is 9.59 Å². The molecule has 3 rings (SSSR count). The molecule has 0 bridgehead atoms. The lowest BCUT2D eigenvalue weighted by Gasteiger charge is -2.23. The summed E-state index contributed by atoms with van der Waals surface area (Å²) in [4.78, 5) is 26.9. The zero-order valence-corrected chi connectivity index (χ0v) is 17.3. The minimum atomic E-state index is -0.510. The van der Waals surface area contributed by atoms with E-state index in [1.807, 2.05) is 38.1 Å². The molecule has 1 unspecified atom stereocenters. The van der Waals surface area contributed by atoms with Gasteiger partial charge in [0.2, 0.25) is 11.8 Å². The molecule has 0 spiro atoms. The Labute approximate surface area is 174 Å². The van der Waals surface area contributed by atoms with Gasteiger partial charge in [0.05, 0.1) is 30.5 Å². The van der Waals surface area contributed by atoms with Crippen molar-refractivity contribution in [2.75, 3.05) is 23.6 Å². The van der Waals surface area contributed by atoms with Crippen molar-refractivity contribution in [1.82, 2.24) is 4.90 Å². The second kappa shape index (κ2) is 9.48. The number of ether oxygens (including phenoxy) is 1. The highest BCUT2D eigenvalue weighted by molar-refractivity contribution is 7.99. The number of hydrogen-bond acceptors (Lipinski definition) is 5. The molecule has 1 saturated heterocycles. The molecule has 2 aromatic carbocycles. The van der Waals surface area contributed by atoms with Crippen LogP contribution in [0.15, 0.2) is 42.5 Å². The van der Waals surface area contributed by atoms with Crippen LogP contribution in [0.1, 0.15) is 23.1 Å². The van der Waals surface area contributed by atoms with Crippen molar-refractivity contribution in [3.8, 4) is 11.8 Å². The zero-order valence-electron chi connectivity index (χ0n) is 16.5. The first-order chi connectivity index (χ1) is 14.0.